The average molecular weight is 221 g/mol. The first-order valence-electron chi connectivity index (χ1n) is 5.61. The van der Waals surface area contributed by atoms with Gasteiger partial charge < -0.3 is 0 Å². The van der Waals surface area contributed by atoms with Gasteiger partial charge in [-0.1, -0.05) is 35.5 Å². The Kier molecular flexibility index (Phi) is 2.05. The van der Waals surface area contributed by atoms with Crippen LogP contribution in [0.4, 0.5) is 0 Å². The minimum atomic E-state index is 1.06. The van der Waals surface area contributed by atoms with E-state index in [1.54, 1.807) is 0 Å². The molecule has 0 heterocycles. The second-order valence-corrected chi connectivity index (χ2v) is 5.05. The predicted molar refractivity (Wildman–Crippen MR) is 69.5 cm³/mol. The number of fused-ring (bicyclic) bond motifs is 3. The van der Waals surface area contributed by atoms with Crippen molar-refractivity contribution in [3.63, 3.8) is 0 Å². The molecule has 0 aromatic heterocycles. The molecule has 1 aliphatic carbocycles. The van der Waals surface area contributed by atoms with Crippen LogP contribution in [0.1, 0.15) is 22.3 Å². The normalized spacial score (nSPS) is 12.4. The molecular weight excluding hydrogens is 208 g/mol. The molecule has 0 N–H and O–H groups in total. The molecule has 1 heteroatoms. The summed E-state index contributed by atoms with van der Waals surface area (Å²) in [5.41, 5.74) is 8.43. The summed E-state index contributed by atoms with van der Waals surface area (Å²) in [7, 11) is 3.80. The van der Waals surface area contributed by atoms with Gasteiger partial charge in [-0.15, -0.1) is 0 Å². The quantitative estimate of drug-likeness (QED) is 0.512. The van der Waals surface area contributed by atoms with E-state index in [9.17, 15) is 0 Å². The third-order valence-corrected chi connectivity index (χ3v) is 4.31. The van der Waals surface area contributed by atoms with E-state index in [0.717, 1.165) is 6.42 Å². The molecule has 3 rings (SSSR count). The van der Waals surface area contributed by atoms with E-state index in [1.807, 2.05) is 0 Å². The molecule has 0 bridgehead atoms. The summed E-state index contributed by atoms with van der Waals surface area (Å²) in [4.78, 5) is 0. The maximum Gasteiger partial charge on any atom is 0.0720 e. The largest absolute Gasteiger partial charge is 0.0720 e. The molecule has 0 nitrogen and oxygen atoms in total. The fraction of sp³-hybridized carbons (Fsp3) is 0.200. The fourth-order valence-electron chi connectivity index (χ4n) is 2.52. The molecule has 0 atom stereocenters. The predicted octanol–water partition coefficient (Wildman–Crippen LogP) is 2.67. The lowest BCUT2D eigenvalue weighted by Crippen LogP contribution is -2.15. The summed E-state index contributed by atoms with van der Waals surface area (Å²) in [6, 6.07) is 11.0. The van der Waals surface area contributed by atoms with Crippen molar-refractivity contribution in [2.75, 3.05) is 0 Å². The highest BCUT2D eigenvalue weighted by Gasteiger charge is 2.20. The first kappa shape index (κ1) is 9.85. The van der Waals surface area contributed by atoms with Crippen molar-refractivity contribution in [3.05, 3.63) is 52.6 Å². The lowest BCUT2D eigenvalue weighted by atomic mass is 9.99. The Hall–Kier alpha value is -1.34. The highest BCUT2D eigenvalue weighted by molar-refractivity contribution is 6.35. The van der Waals surface area contributed by atoms with Crippen LogP contribution in [0.25, 0.3) is 11.1 Å². The molecule has 2 aromatic carbocycles. The van der Waals surface area contributed by atoms with Gasteiger partial charge in [0.25, 0.3) is 0 Å². The van der Waals surface area contributed by atoms with Crippen molar-refractivity contribution >= 4 is 15.4 Å². The zero-order valence-electron chi connectivity index (χ0n) is 9.59. The second-order valence-electron chi connectivity index (χ2n) is 4.55. The Morgan fingerprint density at radius 3 is 2.62 bits per heavy atom. The molecule has 0 amide bonds. The Morgan fingerprint density at radius 2 is 1.81 bits per heavy atom. The summed E-state index contributed by atoms with van der Waals surface area (Å²) < 4.78 is 0. The van der Waals surface area contributed by atoms with Crippen LogP contribution < -0.4 is 5.19 Å². The zero-order chi connectivity index (χ0) is 11.3. The van der Waals surface area contributed by atoms with E-state index in [4.69, 9.17) is 0 Å². The van der Waals surface area contributed by atoms with Gasteiger partial charge in [-0.05, 0) is 53.6 Å². The van der Waals surface area contributed by atoms with Gasteiger partial charge in [0.1, 0.15) is 0 Å². The van der Waals surface area contributed by atoms with Crippen molar-refractivity contribution in [2.24, 2.45) is 0 Å². The minimum absolute atomic E-state index is 1.06. The first-order valence-corrected chi connectivity index (χ1v) is 6.11. The van der Waals surface area contributed by atoms with Gasteiger partial charge in [-0.3, -0.25) is 0 Å². The van der Waals surface area contributed by atoms with Crippen LogP contribution in [0.2, 0.25) is 0 Å². The highest BCUT2D eigenvalue weighted by Crippen LogP contribution is 2.36. The summed E-state index contributed by atoms with van der Waals surface area (Å²) >= 11 is 0. The van der Waals surface area contributed by atoms with E-state index in [1.165, 1.54) is 38.6 Å². The molecule has 2 aromatic rings. The van der Waals surface area contributed by atoms with Crippen LogP contribution in [0, 0.1) is 13.8 Å². The monoisotopic (exact) mass is 221 g/mol. The summed E-state index contributed by atoms with van der Waals surface area (Å²) in [5, 5.41) is 1.28. The van der Waals surface area contributed by atoms with E-state index in [2.05, 4.69) is 54.4 Å². The van der Waals surface area contributed by atoms with Crippen molar-refractivity contribution in [3.8, 4) is 11.1 Å². The Balaban J connectivity index is 2.34. The molecule has 77 valence electrons. The molecule has 0 aliphatic heterocycles. The smallest absolute Gasteiger partial charge is 0.0619 e. The van der Waals surface area contributed by atoms with E-state index in [-0.39, 0.29) is 0 Å². The number of hydrogen-bond donors (Lipinski definition) is 0. The van der Waals surface area contributed by atoms with Gasteiger partial charge in [0, 0.05) is 0 Å². The number of rotatable bonds is 0. The van der Waals surface area contributed by atoms with Crippen molar-refractivity contribution in [2.45, 2.75) is 20.3 Å². The molecule has 0 saturated carbocycles. The third kappa shape index (κ3) is 1.21. The molecule has 16 heavy (non-hydrogen) atoms. The van der Waals surface area contributed by atoms with Crippen LogP contribution in [-0.2, 0) is 6.42 Å². The maximum atomic E-state index is 3.80. The Bertz CT molecular complexity index is 582. The molecular formula is C15H13Si. The minimum Gasteiger partial charge on any atom is -0.0619 e. The van der Waals surface area contributed by atoms with Crippen molar-refractivity contribution in [1.82, 2.24) is 0 Å². The average Bonchev–Trinajstić information content (AvgIpc) is 2.65. The van der Waals surface area contributed by atoms with Gasteiger partial charge in [-0.25, -0.2) is 0 Å². The molecule has 0 spiro atoms. The van der Waals surface area contributed by atoms with Crippen LogP contribution >= 0.6 is 0 Å². The van der Waals surface area contributed by atoms with Crippen molar-refractivity contribution < 1.29 is 0 Å². The first-order chi connectivity index (χ1) is 7.68. The van der Waals surface area contributed by atoms with Crippen molar-refractivity contribution in [1.29, 1.82) is 0 Å². The summed E-state index contributed by atoms with van der Waals surface area (Å²) in [6.45, 7) is 4.36. The van der Waals surface area contributed by atoms with Gasteiger partial charge in [0.15, 0.2) is 0 Å². The molecule has 1 aliphatic rings. The third-order valence-electron chi connectivity index (χ3n) is 3.63. The maximum absolute atomic E-state index is 3.80. The Morgan fingerprint density at radius 1 is 1.06 bits per heavy atom. The van der Waals surface area contributed by atoms with Gasteiger partial charge >= 0.3 is 0 Å². The standard InChI is InChI=1S/C15H13Si/c1-9-7-13-12-6-4-3-5-11(12)8-14(13)15(16)10(9)2/h3-7H,8H2,1-2H3. The van der Waals surface area contributed by atoms with Crippen LogP contribution in [0.15, 0.2) is 30.3 Å². The molecule has 0 saturated heterocycles. The molecule has 3 radical (unpaired) electrons. The zero-order valence-corrected chi connectivity index (χ0v) is 10.6. The number of hydrogen-bond acceptors (Lipinski definition) is 0. The number of aryl methyl sites for hydroxylation is 1. The van der Waals surface area contributed by atoms with E-state index >= 15 is 0 Å². The topological polar surface area (TPSA) is 0 Å². The lowest BCUT2D eigenvalue weighted by Gasteiger charge is -2.11. The fourth-order valence-corrected chi connectivity index (χ4v) is 2.94. The summed E-state index contributed by atoms with van der Waals surface area (Å²) in [5.74, 6) is 0. The number of benzene rings is 2. The van der Waals surface area contributed by atoms with Gasteiger partial charge in [-0.2, -0.15) is 0 Å². The van der Waals surface area contributed by atoms with E-state index in [0.29, 0.717) is 0 Å². The second kappa shape index (κ2) is 3.32. The molecule has 0 fully saturated rings. The van der Waals surface area contributed by atoms with Crippen LogP contribution in [-0.4, -0.2) is 10.2 Å². The highest BCUT2D eigenvalue weighted by atomic mass is 28.1. The van der Waals surface area contributed by atoms with Gasteiger partial charge in [0.05, 0.1) is 10.2 Å². The Labute approximate surface area is 99.7 Å². The van der Waals surface area contributed by atoms with E-state index < -0.39 is 0 Å². The van der Waals surface area contributed by atoms with Gasteiger partial charge in [0.2, 0.25) is 0 Å². The molecule has 0 unspecified atom stereocenters. The lowest BCUT2D eigenvalue weighted by molar-refractivity contribution is 1.26. The van der Waals surface area contributed by atoms with Crippen LogP contribution in [0.5, 0.6) is 0 Å². The summed E-state index contributed by atoms with van der Waals surface area (Å²) in [6.07, 6.45) is 1.06. The van der Waals surface area contributed by atoms with Crippen LogP contribution in [0.3, 0.4) is 0 Å². The SMILES string of the molecule is Cc1cc2c(c([Si])c1C)Cc1ccccc1-2.